The van der Waals surface area contributed by atoms with Crippen molar-refractivity contribution in [1.82, 2.24) is 10.2 Å². The minimum absolute atomic E-state index is 0.352. The highest BCUT2D eigenvalue weighted by atomic mass is 15.2. The van der Waals surface area contributed by atoms with Gasteiger partial charge in [-0.05, 0) is 44.4 Å². The minimum atomic E-state index is 0.352. The van der Waals surface area contributed by atoms with Gasteiger partial charge in [-0.2, -0.15) is 0 Å². The van der Waals surface area contributed by atoms with Gasteiger partial charge in [0, 0.05) is 31.2 Å². The Kier molecular flexibility index (Phi) is 3.84. The third kappa shape index (κ3) is 3.23. The molecular weight excluding hydrogens is 208 g/mol. The van der Waals surface area contributed by atoms with Crippen molar-refractivity contribution < 1.29 is 0 Å². The lowest BCUT2D eigenvalue weighted by molar-refractivity contribution is 0.0560. The molecule has 0 aromatic carbocycles. The van der Waals surface area contributed by atoms with E-state index in [0.717, 1.165) is 6.04 Å². The van der Waals surface area contributed by atoms with Gasteiger partial charge in [-0.3, -0.25) is 4.90 Å². The molecule has 0 aromatic heterocycles. The van der Waals surface area contributed by atoms with E-state index in [-0.39, 0.29) is 0 Å². The fourth-order valence-electron chi connectivity index (χ4n) is 3.38. The zero-order valence-electron chi connectivity index (χ0n) is 12.2. The van der Waals surface area contributed by atoms with Gasteiger partial charge in [0.25, 0.3) is 0 Å². The van der Waals surface area contributed by atoms with E-state index < -0.39 is 0 Å². The van der Waals surface area contributed by atoms with Crippen molar-refractivity contribution in [2.24, 2.45) is 5.41 Å². The maximum Gasteiger partial charge on any atom is 0.0278 e. The first kappa shape index (κ1) is 13.4. The predicted molar refractivity (Wildman–Crippen MR) is 74.3 cm³/mol. The maximum absolute atomic E-state index is 3.69. The average Bonchev–Trinajstić information content (AvgIpc) is 2.29. The molecule has 1 N–H and O–H groups in total. The fourth-order valence-corrected chi connectivity index (χ4v) is 3.38. The Morgan fingerprint density at radius 1 is 1.18 bits per heavy atom. The molecule has 0 amide bonds. The molecule has 2 heteroatoms. The SMILES string of the molecule is CCC1(C)CN(C2CCC(C)(C)CC2)CCN1. The van der Waals surface area contributed by atoms with E-state index in [1.165, 1.54) is 51.7 Å². The van der Waals surface area contributed by atoms with E-state index in [0.29, 0.717) is 11.0 Å². The van der Waals surface area contributed by atoms with Gasteiger partial charge in [0.15, 0.2) is 0 Å². The van der Waals surface area contributed by atoms with Crippen molar-refractivity contribution in [2.75, 3.05) is 19.6 Å². The second-order valence-electron chi connectivity index (χ2n) is 7.21. The summed E-state index contributed by atoms with van der Waals surface area (Å²) in [5.74, 6) is 0. The molecule has 1 saturated carbocycles. The Morgan fingerprint density at radius 3 is 2.41 bits per heavy atom. The lowest BCUT2D eigenvalue weighted by Crippen LogP contribution is -2.61. The number of piperazine rings is 1. The largest absolute Gasteiger partial charge is 0.309 e. The zero-order chi connectivity index (χ0) is 12.5. The minimum Gasteiger partial charge on any atom is -0.309 e. The van der Waals surface area contributed by atoms with Crippen LogP contribution in [0.3, 0.4) is 0 Å². The van der Waals surface area contributed by atoms with Crippen LogP contribution in [0.4, 0.5) is 0 Å². The first-order chi connectivity index (χ1) is 7.94. The molecule has 1 heterocycles. The monoisotopic (exact) mass is 238 g/mol. The van der Waals surface area contributed by atoms with Crippen LogP contribution < -0.4 is 5.32 Å². The molecule has 2 rings (SSSR count). The van der Waals surface area contributed by atoms with Crippen molar-refractivity contribution in [2.45, 2.75) is 71.4 Å². The van der Waals surface area contributed by atoms with Crippen molar-refractivity contribution >= 4 is 0 Å². The highest BCUT2D eigenvalue weighted by Crippen LogP contribution is 2.37. The van der Waals surface area contributed by atoms with Gasteiger partial charge in [0.2, 0.25) is 0 Å². The van der Waals surface area contributed by atoms with E-state index in [1.807, 2.05) is 0 Å². The van der Waals surface area contributed by atoms with Gasteiger partial charge in [0.05, 0.1) is 0 Å². The van der Waals surface area contributed by atoms with Crippen LogP contribution in [0.5, 0.6) is 0 Å². The van der Waals surface area contributed by atoms with Gasteiger partial charge in [0.1, 0.15) is 0 Å². The quantitative estimate of drug-likeness (QED) is 0.795. The maximum atomic E-state index is 3.69. The van der Waals surface area contributed by atoms with E-state index in [9.17, 15) is 0 Å². The number of hydrogen-bond donors (Lipinski definition) is 1. The van der Waals surface area contributed by atoms with Crippen LogP contribution in [0.25, 0.3) is 0 Å². The fraction of sp³-hybridized carbons (Fsp3) is 1.00. The van der Waals surface area contributed by atoms with Crippen molar-refractivity contribution in [3.05, 3.63) is 0 Å². The third-order valence-electron chi connectivity index (χ3n) is 5.11. The molecule has 1 aliphatic carbocycles. The summed E-state index contributed by atoms with van der Waals surface area (Å²) in [4.78, 5) is 2.76. The van der Waals surface area contributed by atoms with Crippen LogP contribution in [0.15, 0.2) is 0 Å². The summed E-state index contributed by atoms with van der Waals surface area (Å²) in [6.07, 6.45) is 6.87. The summed E-state index contributed by atoms with van der Waals surface area (Å²) in [6.45, 7) is 13.2. The van der Waals surface area contributed by atoms with Gasteiger partial charge in [-0.1, -0.05) is 20.8 Å². The molecule has 0 bridgehead atoms. The first-order valence-corrected chi connectivity index (χ1v) is 7.43. The molecular formula is C15H30N2. The van der Waals surface area contributed by atoms with Crippen molar-refractivity contribution in [3.8, 4) is 0 Å². The summed E-state index contributed by atoms with van der Waals surface area (Å²) in [7, 11) is 0. The van der Waals surface area contributed by atoms with Crippen LogP contribution in [-0.2, 0) is 0 Å². The molecule has 2 fully saturated rings. The van der Waals surface area contributed by atoms with Crippen molar-refractivity contribution in [1.29, 1.82) is 0 Å². The molecule has 0 aromatic rings. The van der Waals surface area contributed by atoms with Gasteiger partial charge in [-0.25, -0.2) is 0 Å². The van der Waals surface area contributed by atoms with Crippen LogP contribution in [-0.4, -0.2) is 36.1 Å². The summed E-state index contributed by atoms with van der Waals surface area (Å²) in [6, 6.07) is 0.857. The summed E-state index contributed by atoms with van der Waals surface area (Å²) in [5.41, 5.74) is 0.948. The molecule has 1 atom stereocenters. The van der Waals surface area contributed by atoms with E-state index in [4.69, 9.17) is 0 Å². The van der Waals surface area contributed by atoms with Crippen LogP contribution in [0, 0.1) is 5.41 Å². The van der Waals surface area contributed by atoms with Gasteiger partial charge >= 0.3 is 0 Å². The Morgan fingerprint density at radius 2 is 1.82 bits per heavy atom. The summed E-state index contributed by atoms with van der Waals surface area (Å²) in [5, 5.41) is 3.69. The van der Waals surface area contributed by atoms with E-state index in [1.54, 1.807) is 0 Å². The summed E-state index contributed by atoms with van der Waals surface area (Å²) < 4.78 is 0. The van der Waals surface area contributed by atoms with Crippen LogP contribution >= 0.6 is 0 Å². The van der Waals surface area contributed by atoms with Gasteiger partial charge in [-0.15, -0.1) is 0 Å². The molecule has 1 unspecified atom stereocenters. The Bertz CT molecular complexity index is 252. The van der Waals surface area contributed by atoms with E-state index >= 15 is 0 Å². The Labute approximate surface area is 107 Å². The third-order valence-corrected chi connectivity index (χ3v) is 5.11. The van der Waals surface area contributed by atoms with Crippen LogP contribution in [0.1, 0.15) is 59.8 Å². The lowest BCUT2D eigenvalue weighted by atomic mass is 9.75. The lowest BCUT2D eigenvalue weighted by Gasteiger charge is -2.47. The average molecular weight is 238 g/mol. The smallest absolute Gasteiger partial charge is 0.0278 e. The first-order valence-electron chi connectivity index (χ1n) is 7.43. The van der Waals surface area contributed by atoms with Crippen molar-refractivity contribution in [3.63, 3.8) is 0 Å². The highest BCUT2D eigenvalue weighted by Gasteiger charge is 2.35. The highest BCUT2D eigenvalue weighted by molar-refractivity contribution is 4.94. The zero-order valence-corrected chi connectivity index (χ0v) is 12.2. The summed E-state index contributed by atoms with van der Waals surface area (Å²) >= 11 is 0. The molecule has 2 nitrogen and oxygen atoms in total. The number of nitrogens with one attached hydrogen (secondary N) is 1. The van der Waals surface area contributed by atoms with Crippen LogP contribution in [0.2, 0.25) is 0 Å². The Balaban J connectivity index is 1.90. The molecule has 0 spiro atoms. The molecule has 100 valence electrons. The number of hydrogen-bond acceptors (Lipinski definition) is 2. The predicted octanol–water partition coefficient (Wildman–Crippen LogP) is 3.03. The Hall–Kier alpha value is -0.0800. The number of rotatable bonds is 2. The molecule has 2 aliphatic rings. The molecule has 0 radical (unpaired) electrons. The molecule has 1 aliphatic heterocycles. The second-order valence-corrected chi connectivity index (χ2v) is 7.21. The second kappa shape index (κ2) is 4.89. The standard InChI is InChI=1S/C15H30N2/c1-5-15(4)12-17(11-10-16-15)13-6-8-14(2,3)9-7-13/h13,16H,5-12H2,1-4H3. The topological polar surface area (TPSA) is 15.3 Å². The molecule has 1 saturated heterocycles. The van der Waals surface area contributed by atoms with Gasteiger partial charge < -0.3 is 5.32 Å². The van der Waals surface area contributed by atoms with E-state index in [2.05, 4.69) is 37.9 Å². The normalized spacial score (nSPS) is 36.0. The number of nitrogens with zero attached hydrogens (tertiary/aromatic N) is 1. The molecule has 17 heavy (non-hydrogen) atoms.